The van der Waals surface area contributed by atoms with Crippen molar-refractivity contribution in [3.63, 3.8) is 0 Å². The van der Waals surface area contributed by atoms with E-state index in [2.05, 4.69) is 35.1 Å². The largest absolute Gasteiger partial charge is 0.354 e. The van der Waals surface area contributed by atoms with Crippen molar-refractivity contribution in [2.45, 2.75) is 38.6 Å². The number of benzene rings is 3. The molecule has 1 atom stereocenters. The number of nitrogens with one attached hydrogen (secondary N) is 1. The fourth-order valence-electron chi connectivity index (χ4n) is 3.73. The molecular formula is C29H31BrCl2N2O2S. The highest BCUT2D eigenvalue weighted by molar-refractivity contribution is 9.10. The molecule has 0 saturated heterocycles. The van der Waals surface area contributed by atoms with Gasteiger partial charge in [0.25, 0.3) is 0 Å². The SMILES string of the molecule is CC(C)CNC(=O)[C@@H](Cc1ccccc1)N(Cc1ccc(Br)cc1)C(=O)CSCc1ccc(Cl)cc1Cl. The lowest BCUT2D eigenvalue weighted by Crippen LogP contribution is -2.51. The van der Waals surface area contributed by atoms with Crippen LogP contribution in [-0.4, -0.2) is 35.1 Å². The highest BCUT2D eigenvalue weighted by Crippen LogP contribution is 2.25. The minimum Gasteiger partial charge on any atom is -0.354 e. The normalized spacial score (nSPS) is 11.8. The van der Waals surface area contributed by atoms with Gasteiger partial charge in [-0.3, -0.25) is 9.59 Å². The predicted octanol–water partition coefficient (Wildman–Crippen LogP) is 7.40. The van der Waals surface area contributed by atoms with Crippen LogP contribution in [-0.2, 0) is 28.3 Å². The Morgan fingerprint density at radius 2 is 1.68 bits per heavy atom. The molecule has 37 heavy (non-hydrogen) atoms. The number of hydrogen-bond donors (Lipinski definition) is 1. The molecule has 0 aliphatic carbocycles. The van der Waals surface area contributed by atoms with E-state index in [9.17, 15) is 9.59 Å². The number of nitrogens with zero attached hydrogens (tertiary/aromatic N) is 1. The number of rotatable bonds is 12. The Bertz CT molecular complexity index is 1180. The van der Waals surface area contributed by atoms with Gasteiger partial charge in [0, 0.05) is 39.8 Å². The first-order chi connectivity index (χ1) is 17.7. The van der Waals surface area contributed by atoms with Crippen LogP contribution in [0.3, 0.4) is 0 Å². The van der Waals surface area contributed by atoms with Gasteiger partial charge in [0.2, 0.25) is 11.8 Å². The van der Waals surface area contributed by atoms with Gasteiger partial charge in [0.05, 0.1) is 5.75 Å². The van der Waals surface area contributed by atoms with Gasteiger partial charge in [-0.25, -0.2) is 0 Å². The summed E-state index contributed by atoms with van der Waals surface area (Å²) in [5, 5.41) is 4.20. The Morgan fingerprint density at radius 3 is 2.32 bits per heavy atom. The molecule has 0 aliphatic rings. The second kappa shape index (κ2) is 14.8. The highest BCUT2D eigenvalue weighted by Gasteiger charge is 2.30. The maximum absolute atomic E-state index is 13.7. The minimum atomic E-state index is -0.642. The third kappa shape index (κ3) is 9.68. The summed E-state index contributed by atoms with van der Waals surface area (Å²) in [7, 11) is 0. The zero-order chi connectivity index (χ0) is 26.8. The third-order valence-corrected chi connectivity index (χ3v) is 7.80. The second-order valence-corrected chi connectivity index (χ2v) is 12.0. The molecule has 0 saturated carbocycles. The van der Waals surface area contributed by atoms with Gasteiger partial charge in [0.15, 0.2) is 0 Å². The fraction of sp³-hybridized carbons (Fsp3) is 0.310. The average Bonchev–Trinajstić information content (AvgIpc) is 2.87. The van der Waals surface area contributed by atoms with E-state index < -0.39 is 6.04 Å². The van der Waals surface area contributed by atoms with E-state index >= 15 is 0 Å². The predicted molar refractivity (Wildman–Crippen MR) is 159 cm³/mol. The Kier molecular flexibility index (Phi) is 11.8. The van der Waals surface area contributed by atoms with Crippen LogP contribution in [0.15, 0.2) is 77.3 Å². The van der Waals surface area contributed by atoms with E-state index in [1.165, 1.54) is 11.8 Å². The number of carbonyl (C=O) groups excluding carboxylic acids is 2. The topological polar surface area (TPSA) is 49.4 Å². The van der Waals surface area contributed by atoms with E-state index in [1.807, 2.05) is 60.7 Å². The van der Waals surface area contributed by atoms with E-state index in [0.29, 0.717) is 41.2 Å². The summed E-state index contributed by atoms with van der Waals surface area (Å²) in [5.74, 6) is 0.846. The van der Waals surface area contributed by atoms with Gasteiger partial charge in [-0.2, -0.15) is 0 Å². The van der Waals surface area contributed by atoms with Crippen molar-refractivity contribution < 1.29 is 9.59 Å². The summed E-state index contributed by atoms with van der Waals surface area (Å²) < 4.78 is 0.958. The summed E-state index contributed by atoms with van der Waals surface area (Å²) in [4.78, 5) is 28.9. The maximum Gasteiger partial charge on any atom is 0.243 e. The van der Waals surface area contributed by atoms with Gasteiger partial charge < -0.3 is 10.2 Å². The summed E-state index contributed by atoms with van der Waals surface area (Å²) in [6, 6.07) is 22.4. The molecule has 0 radical (unpaired) electrons. The standard InChI is InChI=1S/C29H31BrCl2N2O2S/c1-20(2)16-33-29(36)27(14-21-6-4-3-5-7-21)34(17-22-8-11-24(30)12-9-22)28(35)19-37-18-23-10-13-25(31)15-26(23)32/h3-13,15,20,27H,14,16-19H2,1-2H3,(H,33,36)/t27-/m1/s1. The monoisotopic (exact) mass is 620 g/mol. The van der Waals surface area contributed by atoms with Crippen LogP contribution in [0.5, 0.6) is 0 Å². The van der Waals surface area contributed by atoms with Crippen LogP contribution in [0.25, 0.3) is 0 Å². The molecule has 0 aliphatic heterocycles. The van der Waals surface area contributed by atoms with Crippen molar-refractivity contribution >= 4 is 62.7 Å². The molecule has 3 aromatic rings. The van der Waals surface area contributed by atoms with E-state index in [0.717, 1.165) is 21.2 Å². The lowest BCUT2D eigenvalue weighted by molar-refractivity contribution is -0.139. The van der Waals surface area contributed by atoms with Crippen LogP contribution in [0.2, 0.25) is 10.0 Å². The smallest absolute Gasteiger partial charge is 0.243 e. The van der Waals surface area contributed by atoms with Gasteiger partial charge >= 0.3 is 0 Å². The van der Waals surface area contributed by atoms with Crippen LogP contribution in [0.4, 0.5) is 0 Å². The molecule has 8 heteroatoms. The number of amides is 2. The summed E-state index contributed by atoms with van der Waals surface area (Å²) in [6.45, 7) is 4.99. The molecule has 2 amide bonds. The van der Waals surface area contributed by atoms with Crippen molar-refractivity contribution in [2.75, 3.05) is 12.3 Å². The first-order valence-corrected chi connectivity index (χ1v) is 14.8. The molecule has 0 unspecified atom stereocenters. The molecular weight excluding hydrogens is 591 g/mol. The summed E-state index contributed by atoms with van der Waals surface area (Å²) >= 11 is 17.3. The van der Waals surface area contributed by atoms with Crippen LogP contribution >= 0.6 is 50.9 Å². The first kappa shape index (κ1) is 29.6. The molecule has 0 fully saturated rings. The Labute approximate surface area is 242 Å². The highest BCUT2D eigenvalue weighted by atomic mass is 79.9. The number of halogens is 3. The van der Waals surface area contributed by atoms with Crippen LogP contribution in [0.1, 0.15) is 30.5 Å². The Balaban J connectivity index is 1.84. The van der Waals surface area contributed by atoms with Crippen molar-refractivity contribution in [3.8, 4) is 0 Å². The molecule has 0 spiro atoms. The second-order valence-electron chi connectivity index (χ2n) is 9.22. The van der Waals surface area contributed by atoms with Crippen LogP contribution in [0, 0.1) is 5.92 Å². The minimum absolute atomic E-state index is 0.0985. The van der Waals surface area contributed by atoms with Gasteiger partial charge in [-0.05, 0) is 46.9 Å². The Morgan fingerprint density at radius 1 is 0.973 bits per heavy atom. The zero-order valence-corrected chi connectivity index (χ0v) is 24.8. The van der Waals surface area contributed by atoms with Crippen molar-refractivity contribution in [1.29, 1.82) is 0 Å². The number of carbonyl (C=O) groups is 2. The lowest BCUT2D eigenvalue weighted by atomic mass is 10.0. The van der Waals surface area contributed by atoms with Crippen molar-refractivity contribution in [2.24, 2.45) is 5.92 Å². The summed E-state index contributed by atoms with van der Waals surface area (Å²) in [6.07, 6.45) is 0.431. The van der Waals surface area contributed by atoms with E-state index in [1.54, 1.807) is 17.0 Å². The number of hydrogen-bond acceptors (Lipinski definition) is 3. The molecule has 196 valence electrons. The maximum atomic E-state index is 13.7. The Hall–Kier alpha value is -1.99. The molecule has 3 aromatic carbocycles. The van der Waals surface area contributed by atoms with Crippen molar-refractivity contribution in [1.82, 2.24) is 10.2 Å². The molecule has 0 aromatic heterocycles. The molecule has 3 rings (SSSR count). The molecule has 1 N–H and O–H groups in total. The molecule has 0 bridgehead atoms. The van der Waals surface area contributed by atoms with Crippen molar-refractivity contribution in [3.05, 3.63) is 104 Å². The lowest BCUT2D eigenvalue weighted by Gasteiger charge is -2.32. The molecule has 0 heterocycles. The quantitative estimate of drug-likeness (QED) is 0.229. The number of thioether (sulfide) groups is 1. The fourth-order valence-corrected chi connectivity index (χ4v) is 5.47. The third-order valence-electron chi connectivity index (χ3n) is 5.72. The molecule has 4 nitrogen and oxygen atoms in total. The first-order valence-electron chi connectivity index (χ1n) is 12.1. The average molecular weight is 622 g/mol. The van der Waals surface area contributed by atoms with E-state index in [4.69, 9.17) is 23.2 Å². The van der Waals surface area contributed by atoms with Crippen LogP contribution < -0.4 is 5.32 Å². The van der Waals surface area contributed by atoms with E-state index in [-0.39, 0.29) is 17.6 Å². The van der Waals surface area contributed by atoms with Gasteiger partial charge in [-0.1, -0.05) is 102 Å². The van der Waals surface area contributed by atoms with Gasteiger partial charge in [0.1, 0.15) is 6.04 Å². The van der Waals surface area contributed by atoms with Gasteiger partial charge in [-0.15, -0.1) is 11.8 Å². The summed E-state index contributed by atoms with van der Waals surface area (Å²) in [5.41, 5.74) is 2.87. The zero-order valence-electron chi connectivity index (χ0n) is 20.9.